The van der Waals surface area contributed by atoms with Gasteiger partial charge in [0.25, 0.3) is 0 Å². The molecular weight excluding hydrogens is 413 g/mol. The highest BCUT2D eigenvalue weighted by atomic mass is 35.5. The summed E-state index contributed by atoms with van der Waals surface area (Å²) in [5, 5.41) is 3.71. The third-order valence-electron chi connectivity index (χ3n) is 5.72. The van der Waals surface area contributed by atoms with Crippen molar-refractivity contribution in [2.45, 2.75) is 45.1 Å². The monoisotopic (exact) mass is 437 g/mol. The topological polar surface area (TPSA) is 54.9 Å². The van der Waals surface area contributed by atoms with Gasteiger partial charge in [-0.3, -0.25) is 9.78 Å². The van der Waals surface area contributed by atoms with Crippen LogP contribution >= 0.6 is 11.6 Å². The number of nitrogens with zero attached hydrogens (tertiary/aromatic N) is 2. The lowest BCUT2D eigenvalue weighted by Gasteiger charge is -2.20. The molecule has 2 aromatic heterocycles. The molecule has 0 atom stereocenters. The van der Waals surface area contributed by atoms with Gasteiger partial charge in [-0.1, -0.05) is 49.1 Å². The van der Waals surface area contributed by atoms with Gasteiger partial charge >= 0.3 is 0 Å². The number of rotatable bonds is 7. The predicted octanol–water partition coefficient (Wildman–Crippen LogP) is 6.24. The molecule has 1 N–H and O–H groups in total. The molecule has 0 unspecified atom stereocenters. The van der Waals surface area contributed by atoms with Crippen LogP contribution in [0, 0.1) is 11.7 Å². The number of aromatic nitrogens is 2. The maximum atomic E-state index is 13.4. The van der Waals surface area contributed by atoms with Crippen LogP contribution in [0.5, 0.6) is 0 Å². The molecule has 31 heavy (non-hydrogen) atoms. The molecule has 0 bridgehead atoms. The molecule has 1 saturated carbocycles. The Morgan fingerprint density at radius 2 is 1.90 bits per heavy atom. The number of ketones is 1. The van der Waals surface area contributed by atoms with Crippen LogP contribution in [0.1, 0.15) is 43.4 Å². The predicted molar refractivity (Wildman–Crippen MR) is 121 cm³/mol. The quantitative estimate of drug-likeness (QED) is 0.475. The molecule has 4 nitrogen and oxygen atoms in total. The molecule has 160 valence electrons. The Bertz CT molecular complexity index is 1070. The van der Waals surface area contributed by atoms with Crippen LogP contribution in [0.2, 0.25) is 5.02 Å². The molecule has 2 heterocycles. The van der Waals surface area contributed by atoms with E-state index in [1.54, 1.807) is 12.3 Å². The lowest BCUT2D eigenvalue weighted by Crippen LogP contribution is -2.20. The number of pyridine rings is 2. The van der Waals surface area contributed by atoms with E-state index in [0.29, 0.717) is 29.5 Å². The lowest BCUT2D eigenvalue weighted by molar-refractivity contribution is -0.123. The van der Waals surface area contributed by atoms with Gasteiger partial charge in [0.1, 0.15) is 17.4 Å². The molecule has 0 spiro atoms. The highest BCUT2D eigenvalue weighted by Gasteiger charge is 2.22. The van der Waals surface area contributed by atoms with E-state index in [-0.39, 0.29) is 17.5 Å². The minimum Gasteiger partial charge on any atom is -0.366 e. The normalized spacial score (nSPS) is 14.4. The average molecular weight is 438 g/mol. The molecule has 6 heteroatoms. The van der Waals surface area contributed by atoms with Crippen molar-refractivity contribution >= 4 is 23.2 Å². The highest BCUT2D eigenvalue weighted by Crippen LogP contribution is 2.29. The van der Waals surface area contributed by atoms with Crippen molar-refractivity contribution in [3.63, 3.8) is 0 Å². The zero-order chi connectivity index (χ0) is 21.6. The van der Waals surface area contributed by atoms with Gasteiger partial charge in [-0.2, -0.15) is 0 Å². The third-order valence-corrected chi connectivity index (χ3v) is 6.02. The van der Waals surface area contributed by atoms with Crippen LogP contribution in [-0.2, 0) is 17.8 Å². The van der Waals surface area contributed by atoms with E-state index in [9.17, 15) is 9.18 Å². The van der Waals surface area contributed by atoms with E-state index < -0.39 is 0 Å². The summed E-state index contributed by atoms with van der Waals surface area (Å²) in [6, 6.07) is 13.9. The van der Waals surface area contributed by atoms with Gasteiger partial charge in [0.05, 0.1) is 10.7 Å². The van der Waals surface area contributed by atoms with Crippen molar-refractivity contribution in [3.05, 3.63) is 76.8 Å². The van der Waals surface area contributed by atoms with E-state index in [0.717, 1.165) is 42.5 Å². The fourth-order valence-corrected chi connectivity index (χ4v) is 4.25. The van der Waals surface area contributed by atoms with E-state index in [1.165, 1.54) is 18.6 Å². The average Bonchev–Trinajstić information content (AvgIpc) is 2.80. The molecule has 3 aromatic rings. The number of halogens is 2. The minimum absolute atomic E-state index is 0.156. The molecule has 1 aliphatic rings. The van der Waals surface area contributed by atoms with Crippen molar-refractivity contribution in [1.29, 1.82) is 0 Å². The summed E-state index contributed by atoms with van der Waals surface area (Å²) >= 11 is 6.41. The van der Waals surface area contributed by atoms with Gasteiger partial charge in [-0.15, -0.1) is 0 Å². The molecule has 1 fully saturated rings. The number of Topliss-reactive ketones (excluding diaryl/α,β-unsaturated/α-hetero) is 1. The van der Waals surface area contributed by atoms with E-state index in [2.05, 4.69) is 15.3 Å². The zero-order valence-corrected chi connectivity index (χ0v) is 18.0. The Morgan fingerprint density at radius 3 is 2.71 bits per heavy atom. The first-order chi connectivity index (χ1) is 15.1. The molecule has 0 aliphatic heterocycles. The molecule has 0 radical (unpaired) electrons. The van der Waals surface area contributed by atoms with Gasteiger partial charge < -0.3 is 5.32 Å². The van der Waals surface area contributed by atoms with E-state index >= 15 is 0 Å². The Hall–Kier alpha value is -2.79. The van der Waals surface area contributed by atoms with Crippen LogP contribution in [0.4, 0.5) is 10.2 Å². The fraction of sp³-hybridized carbons (Fsp3) is 0.320. The van der Waals surface area contributed by atoms with Gasteiger partial charge in [-0.25, -0.2) is 9.37 Å². The highest BCUT2D eigenvalue weighted by molar-refractivity contribution is 6.33. The second-order valence-electron chi connectivity index (χ2n) is 8.03. The molecule has 1 aromatic carbocycles. The Balaban J connectivity index is 1.48. The first-order valence-electron chi connectivity index (χ1n) is 10.7. The summed E-state index contributed by atoms with van der Waals surface area (Å²) in [6.45, 7) is 0.458. The van der Waals surface area contributed by atoms with Crippen LogP contribution in [0.25, 0.3) is 11.3 Å². The van der Waals surface area contributed by atoms with E-state index in [1.807, 2.05) is 30.3 Å². The number of carbonyl (C=O) groups is 1. The maximum Gasteiger partial charge on any atom is 0.141 e. The third kappa shape index (κ3) is 5.67. The van der Waals surface area contributed by atoms with Crippen LogP contribution in [-0.4, -0.2) is 15.8 Å². The Morgan fingerprint density at radius 1 is 1.10 bits per heavy atom. The summed E-state index contributed by atoms with van der Waals surface area (Å²) in [7, 11) is 0. The van der Waals surface area contributed by atoms with E-state index in [4.69, 9.17) is 11.6 Å². The molecule has 1 aliphatic carbocycles. The van der Waals surface area contributed by atoms with Gasteiger partial charge in [-0.05, 0) is 48.7 Å². The number of anilines is 1. The maximum absolute atomic E-state index is 13.4. The molecular formula is C25H25ClFN3O. The molecule has 0 saturated heterocycles. The largest absolute Gasteiger partial charge is 0.366 e. The summed E-state index contributed by atoms with van der Waals surface area (Å²) in [5.74, 6) is 0.816. The standard InChI is InChI=1S/C25H25ClFN3O/c26-22-16-28-20(14-24(31)18-7-2-1-3-8-18)13-21(22)23-10-5-11-25(30-23)29-15-17-6-4-9-19(27)12-17/h4-6,9-13,16,18H,1-3,7-8,14-15H2,(H,29,30). The van der Waals surface area contributed by atoms with Crippen molar-refractivity contribution < 1.29 is 9.18 Å². The SMILES string of the molecule is O=C(Cc1cc(-c2cccc(NCc3cccc(F)c3)n2)c(Cl)cn1)C1CCCCC1. The van der Waals surface area contributed by atoms with Crippen LogP contribution in [0.3, 0.4) is 0 Å². The Labute approximate surface area is 186 Å². The minimum atomic E-state index is -0.264. The smallest absolute Gasteiger partial charge is 0.141 e. The number of carbonyl (C=O) groups excluding carboxylic acids is 1. The summed E-state index contributed by atoms with van der Waals surface area (Å²) in [4.78, 5) is 21.7. The van der Waals surface area contributed by atoms with Gasteiger partial charge in [0.15, 0.2) is 0 Å². The van der Waals surface area contributed by atoms with Crippen LogP contribution in [0.15, 0.2) is 54.7 Å². The molecule has 4 rings (SSSR count). The first-order valence-corrected chi connectivity index (χ1v) is 11.1. The van der Waals surface area contributed by atoms with Crippen molar-refractivity contribution in [2.24, 2.45) is 5.92 Å². The first kappa shape index (κ1) is 21.4. The fourth-order valence-electron chi connectivity index (χ4n) is 4.05. The van der Waals surface area contributed by atoms with Crippen molar-refractivity contribution in [3.8, 4) is 11.3 Å². The lowest BCUT2D eigenvalue weighted by atomic mass is 9.85. The van der Waals surface area contributed by atoms with Crippen molar-refractivity contribution in [2.75, 3.05) is 5.32 Å². The van der Waals surface area contributed by atoms with Crippen molar-refractivity contribution in [1.82, 2.24) is 9.97 Å². The summed E-state index contributed by atoms with van der Waals surface area (Å²) < 4.78 is 13.4. The van der Waals surface area contributed by atoms with Gasteiger partial charge in [0.2, 0.25) is 0 Å². The number of hydrogen-bond donors (Lipinski definition) is 1. The zero-order valence-electron chi connectivity index (χ0n) is 17.3. The summed E-state index contributed by atoms with van der Waals surface area (Å²) in [6.07, 6.45) is 7.38. The summed E-state index contributed by atoms with van der Waals surface area (Å²) in [5.41, 5.74) is 2.99. The number of hydrogen-bond acceptors (Lipinski definition) is 4. The molecule has 0 amide bonds. The van der Waals surface area contributed by atoms with Crippen LogP contribution < -0.4 is 5.32 Å². The Kier molecular flexibility index (Phi) is 6.92. The number of nitrogens with one attached hydrogen (secondary N) is 1. The van der Waals surface area contributed by atoms with Gasteiger partial charge in [0, 0.05) is 36.3 Å². The second-order valence-corrected chi connectivity index (χ2v) is 8.43. The second kappa shape index (κ2) is 10.0. The number of benzene rings is 1.